The van der Waals surface area contributed by atoms with Crippen molar-refractivity contribution in [1.29, 1.82) is 0 Å². The van der Waals surface area contributed by atoms with Crippen molar-refractivity contribution < 1.29 is 4.74 Å². The van der Waals surface area contributed by atoms with Crippen molar-refractivity contribution in [1.82, 2.24) is 15.3 Å². The summed E-state index contributed by atoms with van der Waals surface area (Å²) in [6, 6.07) is 0.493. The van der Waals surface area contributed by atoms with Gasteiger partial charge < -0.3 is 10.1 Å². The highest BCUT2D eigenvalue weighted by Crippen LogP contribution is 2.26. The lowest BCUT2D eigenvalue weighted by Crippen LogP contribution is -2.28. The first-order valence-electron chi connectivity index (χ1n) is 7.89. The molecule has 0 bridgehead atoms. The molecule has 4 nitrogen and oxygen atoms in total. The molecule has 21 heavy (non-hydrogen) atoms. The minimum atomic E-state index is -0.0412. The van der Waals surface area contributed by atoms with Crippen LogP contribution in [0.25, 0.3) is 0 Å². The third-order valence-corrected chi connectivity index (χ3v) is 3.78. The van der Waals surface area contributed by atoms with Gasteiger partial charge in [0.25, 0.3) is 0 Å². The van der Waals surface area contributed by atoms with Crippen LogP contribution in [0.4, 0.5) is 0 Å². The van der Waals surface area contributed by atoms with Crippen LogP contribution in [0.15, 0.2) is 0 Å². The summed E-state index contributed by atoms with van der Waals surface area (Å²) in [7, 11) is 1.72. The Morgan fingerprint density at radius 3 is 1.90 bits per heavy atom. The Kier molecular flexibility index (Phi) is 6.75. The number of nitrogens with zero attached hydrogens (tertiary/aromatic N) is 2. The van der Waals surface area contributed by atoms with Gasteiger partial charge in [0.1, 0.15) is 6.10 Å². The molecule has 1 heterocycles. The quantitative estimate of drug-likeness (QED) is 0.835. The van der Waals surface area contributed by atoms with E-state index in [2.05, 4.69) is 53.8 Å². The molecule has 0 fully saturated rings. The molecule has 0 aliphatic rings. The van der Waals surface area contributed by atoms with Gasteiger partial charge in [-0.05, 0) is 31.2 Å². The zero-order chi connectivity index (χ0) is 16.2. The Hall–Kier alpha value is -1.00. The highest BCUT2D eigenvalue weighted by Gasteiger charge is 2.22. The second-order valence-corrected chi connectivity index (χ2v) is 6.53. The predicted molar refractivity (Wildman–Crippen MR) is 87.6 cm³/mol. The third-order valence-electron chi connectivity index (χ3n) is 3.78. The second-order valence-electron chi connectivity index (χ2n) is 6.53. The molecule has 1 rings (SSSR count). The van der Waals surface area contributed by atoms with Crippen LogP contribution in [0, 0.1) is 19.8 Å². The van der Waals surface area contributed by atoms with E-state index in [4.69, 9.17) is 14.7 Å². The molecule has 2 atom stereocenters. The fourth-order valence-electron chi connectivity index (χ4n) is 2.78. The molecule has 0 aliphatic carbocycles. The molecule has 0 radical (unpaired) electrons. The summed E-state index contributed by atoms with van der Waals surface area (Å²) in [5.74, 6) is 1.57. The fourth-order valence-corrected chi connectivity index (χ4v) is 2.78. The van der Waals surface area contributed by atoms with Gasteiger partial charge in [-0.3, -0.25) is 0 Å². The van der Waals surface area contributed by atoms with Gasteiger partial charge in [0.05, 0.1) is 0 Å². The first-order valence-corrected chi connectivity index (χ1v) is 7.89. The number of nitrogens with one attached hydrogen (secondary N) is 1. The van der Waals surface area contributed by atoms with E-state index in [1.165, 1.54) is 5.56 Å². The maximum Gasteiger partial charge on any atom is 0.157 e. The van der Waals surface area contributed by atoms with E-state index in [-0.39, 0.29) is 6.10 Å². The summed E-state index contributed by atoms with van der Waals surface area (Å²) in [4.78, 5) is 9.42. The van der Waals surface area contributed by atoms with E-state index in [9.17, 15) is 0 Å². The highest BCUT2D eigenvalue weighted by atomic mass is 16.5. The highest BCUT2D eigenvalue weighted by molar-refractivity contribution is 5.28. The first kappa shape index (κ1) is 18.1. The van der Waals surface area contributed by atoms with Crippen LogP contribution in [0.1, 0.15) is 69.4 Å². The van der Waals surface area contributed by atoms with Crippen LogP contribution in [0.2, 0.25) is 0 Å². The zero-order valence-corrected chi connectivity index (χ0v) is 14.8. The lowest BCUT2D eigenvalue weighted by molar-refractivity contribution is 0.0571. The largest absolute Gasteiger partial charge is 0.373 e. The van der Waals surface area contributed by atoms with E-state index in [0.29, 0.717) is 17.9 Å². The molecule has 0 saturated heterocycles. The monoisotopic (exact) mass is 293 g/mol. The molecule has 120 valence electrons. The summed E-state index contributed by atoms with van der Waals surface area (Å²) in [5, 5.41) is 3.48. The maximum absolute atomic E-state index is 5.55. The Morgan fingerprint density at radius 1 is 1.00 bits per heavy atom. The topological polar surface area (TPSA) is 47.0 Å². The minimum absolute atomic E-state index is 0.0412. The number of methoxy groups -OCH3 is 1. The first-order chi connectivity index (χ1) is 9.77. The molecule has 1 N–H and O–H groups in total. The molecule has 4 heteroatoms. The van der Waals surface area contributed by atoms with Gasteiger partial charge in [-0.2, -0.15) is 0 Å². The normalized spacial score (nSPS) is 14.8. The average molecular weight is 293 g/mol. The molecule has 0 amide bonds. The van der Waals surface area contributed by atoms with Gasteiger partial charge in [-0.15, -0.1) is 0 Å². The molecule has 0 aliphatic heterocycles. The Balaban J connectivity index is 3.04. The summed E-state index contributed by atoms with van der Waals surface area (Å²) in [5.41, 5.74) is 3.39. The van der Waals surface area contributed by atoms with Crippen LogP contribution in [-0.4, -0.2) is 29.7 Å². The standard InChI is InChI=1S/C17H31N3O/c1-10(2)16(21-8)17-19-13(6)15(14(7)20-17)12(5)9-18-11(3)4/h10-12,16,18H,9H2,1-8H3. The van der Waals surface area contributed by atoms with Crippen molar-refractivity contribution in [3.05, 3.63) is 22.8 Å². The lowest BCUT2D eigenvalue weighted by Gasteiger charge is -2.22. The van der Waals surface area contributed by atoms with Gasteiger partial charge in [0.2, 0.25) is 0 Å². The maximum atomic E-state index is 5.55. The van der Waals surface area contributed by atoms with Crippen molar-refractivity contribution in [2.24, 2.45) is 5.92 Å². The summed E-state index contributed by atoms with van der Waals surface area (Å²) >= 11 is 0. The summed E-state index contributed by atoms with van der Waals surface area (Å²) < 4.78 is 5.55. The number of aromatic nitrogens is 2. The lowest BCUT2D eigenvalue weighted by atomic mass is 9.97. The van der Waals surface area contributed by atoms with Gasteiger partial charge in [-0.1, -0.05) is 34.6 Å². The number of rotatable bonds is 7. The summed E-state index contributed by atoms with van der Waals surface area (Å²) in [6.45, 7) is 15.9. The Labute approximate surface area is 129 Å². The summed E-state index contributed by atoms with van der Waals surface area (Å²) in [6.07, 6.45) is -0.0412. The van der Waals surface area contributed by atoms with Gasteiger partial charge in [0.15, 0.2) is 5.82 Å². The SMILES string of the molecule is COC(c1nc(C)c(C(C)CNC(C)C)c(C)n1)C(C)C. The van der Waals surface area contributed by atoms with E-state index >= 15 is 0 Å². The van der Waals surface area contributed by atoms with Crippen LogP contribution in [0.5, 0.6) is 0 Å². The van der Waals surface area contributed by atoms with E-state index in [1.807, 2.05) is 0 Å². The molecule has 0 spiro atoms. The van der Waals surface area contributed by atoms with Gasteiger partial charge in [-0.25, -0.2) is 9.97 Å². The van der Waals surface area contributed by atoms with E-state index in [1.54, 1.807) is 7.11 Å². The molecule has 0 aromatic carbocycles. The number of hydrogen-bond acceptors (Lipinski definition) is 4. The number of aryl methyl sites for hydroxylation is 2. The minimum Gasteiger partial charge on any atom is -0.373 e. The Morgan fingerprint density at radius 2 is 1.52 bits per heavy atom. The van der Waals surface area contributed by atoms with Crippen LogP contribution < -0.4 is 5.32 Å². The van der Waals surface area contributed by atoms with Crippen LogP contribution in [0.3, 0.4) is 0 Å². The molecular weight excluding hydrogens is 262 g/mol. The van der Waals surface area contributed by atoms with Crippen LogP contribution >= 0.6 is 0 Å². The molecule has 1 aromatic rings. The number of hydrogen-bond donors (Lipinski definition) is 1. The fraction of sp³-hybridized carbons (Fsp3) is 0.765. The smallest absolute Gasteiger partial charge is 0.157 e. The van der Waals surface area contributed by atoms with Crippen molar-refractivity contribution in [3.63, 3.8) is 0 Å². The van der Waals surface area contributed by atoms with Gasteiger partial charge >= 0.3 is 0 Å². The number of ether oxygens (including phenoxy) is 1. The third kappa shape index (κ3) is 4.75. The molecule has 1 aromatic heterocycles. The molecule has 2 unspecified atom stereocenters. The van der Waals surface area contributed by atoms with E-state index in [0.717, 1.165) is 23.8 Å². The van der Waals surface area contributed by atoms with Gasteiger partial charge in [0, 0.05) is 31.1 Å². The van der Waals surface area contributed by atoms with Crippen molar-refractivity contribution in [2.75, 3.05) is 13.7 Å². The van der Waals surface area contributed by atoms with Crippen molar-refractivity contribution >= 4 is 0 Å². The van der Waals surface area contributed by atoms with Crippen LogP contribution in [-0.2, 0) is 4.74 Å². The second kappa shape index (κ2) is 7.85. The average Bonchev–Trinajstić information content (AvgIpc) is 2.35. The molecular formula is C17H31N3O. The zero-order valence-electron chi connectivity index (χ0n) is 14.8. The van der Waals surface area contributed by atoms with E-state index < -0.39 is 0 Å². The van der Waals surface area contributed by atoms with Crippen molar-refractivity contribution in [2.45, 2.75) is 66.5 Å². The van der Waals surface area contributed by atoms with Crippen molar-refractivity contribution in [3.8, 4) is 0 Å². The molecule has 0 saturated carbocycles. The predicted octanol–water partition coefficient (Wildman–Crippen LogP) is 3.54. The Bertz CT molecular complexity index is 434.